The minimum absolute atomic E-state index is 0.616. The first-order valence-corrected chi connectivity index (χ1v) is 6.28. The second-order valence-corrected chi connectivity index (χ2v) is 5.54. The lowest BCUT2D eigenvalue weighted by molar-refractivity contribution is 0.238. The Morgan fingerprint density at radius 3 is 0.867 bits per heavy atom. The lowest BCUT2D eigenvalue weighted by Crippen LogP contribution is -2.52. The van der Waals surface area contributed by atoms with Crippen LogP contribution in [-0.4, -0.2) is 41.3 Å². The Hall–Kier alpha value is -0.0151. The van der Waals surface area contributed by atoms with Crippen LogP contribution in [0.5, 0.6) is 0 Å². The Bertz CT molecular complexity index is 133. The van der Waals surface area contributed by atoms with Crippen molar-refractivity contribution in [2.45, 2.75) is 79.6 Å². The highest BCUT2D eigenvalue weighted by molar-refractivity contribution is 6.28. The molecule has 0 aliphatic heterocycles. The zero-order valence-corrected chi connectivity index (χ0v) is 11.9. The summed E-state index contributed by atoms with van der Waals surface area (Å²) in [6.45, 7) is 18.2. The highest BCUT2D eigenvalue weighted by Crippen LogP contribution is 2.09. The number of hydrogen-bond acceptors (Lipinski definition) is 2. The molecule has 0 saturated heterocycles. The Kier molecular flexibility index (Phi) is 6.54. The molecule has 0 aromatic heterocycles. The van der Waals surface area contributed by atoms with E-state index < -0.39 is 0 Å². The van der Waals surface area contributed by atoms with Gasteiger partial charge >= 0.3 is 0 Å². The van der Waals surface area contributed by atoms with Crippen molar-refractivity contribution < 1.29 is 0 Å². The van der Waals surface area contributed by atoms with Gasteiger partial charge in [-0.15, -0.1) is 0 Å². The molecule has 90 valence electrons. The van der Waals surface area contributed by atoms with Crippen LogP contribution in [0.25, 0.3) is 0 Å². The van der Waals surface area contributed by atoms with E-state index in [4.69, 9.17) is 0 Å². The first-order chi connectivity index (χ1) is 6.77. The third-order valence-electron chi connectivity index (χ3n) is 2.98. The van der Waals surface area contributed by atoms with Gasteiger partial charge < -0.3 is 9.62 Å². The van der Waals surface area contributed by atoms with Gasteiger partial charge in [-0.1, -0.05) is 55.4 Å². The Balaban J connectivity index is 4.48. The van der Waals surface area contributed by atoms with Crippen LogP contribution in [0.1, 0.15) is 55.4 Å². The van der Waals surface area contributed by atoms with E-state index in [1.807, 2.05) is 0 Å². The molecule has 0 heterocycles. The predicted molar refractivity (Wildman–Crippen MR) is 71.4 cm³/mol. The van der Waals surface area contributed by atoms with Gasteiger partial charge in [0.05, 0.1) is 0 Å². The van der Waals surface area contributed by atoms with Gasteiger partial charge in [0.25, 0.3) is 7.55 Å². The zero-order chi connectivity index (χ0) is 12.2. The second kappa shape index (κ2) is 6.54. The topological polar surface area (TPSA) is 6.48 Å². The fourth-order valence-electron chi connectivity index (χ4n) is 2.03. The summed E-state index contributed by atoms with van der Waals surface area (Å²) in [6, 6.07) is 2.46. The van der Waals surface area contributed by atoms with E-state index in [-0.39, 0.29) is 0 Å². The van der Waals surface area contributed by atoms with E-state index >= 15 is 0 Å². The van der Waals surface area contributed by atoms with E-state index in [1.54, 1.807) is 0 Å². The summed E-state index contributed by atoms with van der Waals surface area (Å²) in [6.07, 6.45) is 0. The molecule has 0 N–H and O–H groups in total. The predicted octanol–water partition coefficient (Wildman–Crippen LogP) is 2.49. The number of rotatable bonds is 6. The average Bonchev–Trinajstić information content (AvgIpc) is 2.01. The van der Waals surface area contributed by atoms with E-state index in [9.17, 15) is 0 Å². The summed E-state index contributed by atoms with van der Waals surface area (Å²) < 4.78 is 0. The molecule has 0 saturated carbocycles. The van der Waals surface area contributed by atoms with Gasteiger partial charge in [0, 0.05) is 0 Å². The van der Waals surface area contributed by atoms with E-state index in [0.29, 0.717) is 24.2 Å². The summed E-state index contributed by atoms with van der Waals surface area (Å²) in [7, 11) is 1.07. The summed E-state index contributed by atoms with van der Waals surface area (Å²) in [5, 5.41) is 0. The van der Waals surface area contributed by atoms with Crippen LogP contribution < -0.4 is 0 Å². The molecule has 0 fully saturated rings. The van der Waals surface area contributed by atoms with Crippen molar-refractivity contribution >= 4 is 7.55 Å². The molecule has 0 atom stereocenters. The minimum atomic E-state index is 0.616. The van der Waals surface area contributed by atoms with Crippen molar-refractivity contribution in [3.05, 3.63) is 0 Å². The molecule has 0 amide bonds. The fourth-order valence-corrected chi connectivity index (χ4v) is 2.03. The molecule has 0 radical (unpaired) electrons. The molecule has 2 nitrogen and oxygen atoms in total. The Labute approximate surface area is 97.3 Å². The molecule has 0 aromatic rings. The van der Waals surface area contributed by atoms with Crippen LogP contribution in [0.4, 0.5) is 0 Å². The molecule has 0 aromatic carbocycles. The first-order valence-electron chi connectivity index (χ1n) is 6.28. The lowest BCUT2D eigenvalue weighted by atomic mass is 9.93. The Morgan fingerprint density at radius 1 is 0.533 bits per heavy atom. The van der Waals surface area contributed by atoms with E-state index in [2.05, 4.69) is 65.0 Å². The molecular weight excluding hydrogens is 183 g/mol. The van der Waals surface area contributed by atoms with Crippen LogP contribution in [-0.2, 0) is 0 Å². The average molecular weight is 212 g/mol. The summed E-state index contributed by atoms with van der Waals surface area (Å²) >= 11 is 0. The number of nitrogens with zero attached hydrogens (tertiary/aromatic N) is 2. The smallest absolute Gasteiger partial charge is 0.292 e. The quantitative estimate of drug-likeness (QED) is 0.624. The van der Waals surface area contributed by atoms with Crippen LogP contribution in [0.2, 0.25) is 0 Å². The van der Waals surface area contributed by atoms with Crippen LogP contribution in [0, 0.1) is 0 Å². The largest absolute Gasteiger partial charge is 0.327 e. The lowest BCUT2D eigenvalue weighted by Gasteiger charge is -2.38. The van der Waals surface area contributed by atoms with Gasteiger partial charge in [-0.2, -0.15) is 0 Å². The molecule has 0 aliphatic rings. The molecule has 0 bridgehead atoms. The summed E-state index contributed by atoms with van der Waals surface area (Å²) in [5.74, 6) is 0. The maximum Gasteiger partial charge on any atom is 0.292 e. The standard InChI is InChI=1S/C12H29BN2/c1-9(2)14(10(3)4)13-15(11(5)6)12(7)8/h9-13H,1-8H3. The highest BCUT2D eigenvalue weighted by Gasteiger charge is 2.22. The summed E-state index contributed by atoms with van der Waals surface area (Å²) in [4.78, 5) is 5.08. The van der Waals surface area contributed by atoms with Crippen molar-refractivity contribution in [2.75, 3.05) is 0 Å². The van der Waals surface area contributed by atoms with Gasteiger partial charge in [0.15, 0.2) is 0 Å². The van der Waals surface area contributed by atoms with Gasteiger partial charge in [0.2, 0.25) is 0 Å². The molecule has 0 aliphatic carbocycles. The van der Waals surface area contributed by atoms with Gasteiger partial charge in [-0.25, -0.2) is 0 Å². The monoisotopic (exact) mass is 212 g/mol. The molecule has 15 heavy (non-hydrogen) atoms. The van der Waals surface area contributed by atoms with Crippen molar-refractivity contribution in [2.24, 2.45) is 0 Å². The minimum Gasteiger partial charge on any atom is -0.327 e. The summed E-state index contributed by atoms with van der Waals surface area (Å²) in [5.41, 5.74) is 0. The maximum atomic E-state index is 2.54. The SMILES string of the molecule is CC(C)N(BN(C(C)C)C(C)C)C(C)C. The third-order valence-corrected chi connectivity index (χ3v) is 2.98. The number of hydrogen-bond donors (Lipinski definition) is 0. The third kappa shape index (κ3) is 5.03. The van der Waals surface area contributed by atoms with Crippen molar-refractivity contribution in [3.63, 3.8) is 0 Å². The molecule has 3 heteroatoms. The van der Waals surface area contributed by atoms with Crippen LogP contribution >= 0.6 is 0 Å². The van der Waals surface area contributed by atoms with Crippen molar-refractivity contribution in [1.82, 2.24) is 9.62 Å². The van der Waals surface area contributed by atoms with Crippen molar-refractivity contribution in [1.29, 1.82) is 0 Å². The van der Waals surface area contributed by atoms with Crippen molar-refractivity contribution in [3.8, 4) is 0 Å². The van der Waals surface area contributed by atoms with E-state index in [1.165, 1.54) is 0 Å². The van der Waals surface area contributed by atoms with Crippen LogP contribution in [0.3, 0.4) is 0 Å². The second-order valence-electron chi connectivity index (χ2n) is 5.54. The van der Waals surface area contributed by atoms with E-state index in [0.717, 1.165) is 7.55 Å². The Morgan fingerprint density at radius 2 is 0.733 bits per heavy atom. The van der Waals surface area contributed by atoms with Gasteiger partial charge in [-0.05, 0) is 24.2 Å². The van der Waals surface area contributed by atoms with Crippen LogP contribution in [0.15, 0.2) is 0 Å². The zero-order valence-electron chi connectivity index (χ0n) is 11.9. The highest BCUT2D eigenvalue weighted by atomic mass is 15.2. The fraction of sp³-hybridized carbons (Fsp3) is 1.00. The normalized spacial score (nSPS) is 12.9. The molecule has 0 unspecified atom stereocenters. The maximum absolute atomic E-state index is 2.54. The molecular formula is C12H29BN2. The molecule has 0 spiro atoms. The van der Waals surface area contributed by atoms with Gasteiger partial charge in [-0.3, -0.25) is 0 Å². The first kappa shape index (κ1) is 15.0. The molecule has 0 rings (SSSR count). The van der Waals surface area contributed by atoms with Gasteiger partial charge in [0.1, 0.15) is 0 Å².